The van der Waals surface area contributed by atoms with Gasteiger partial charge in [-0.2, -0.15) is 0 Å². The molecule has 0 spiro atoms. The minimum Gasteiger partial charge on any atom is -0.249 e. The molecule has 2 heteroatoms. The quantitative estimate of drug-likeness (QED) is 0.481. The van der Waals surface area contributed by atoms with E-state index in [0.29, 0.717) is 11.8 Å². The summed E-state index contributed by atoms with van der Waals surface area (Å²) >= 11 is 0. The fraction of sp³-hybridized carbons (Fsp3) is 0.667. The average molecular weight is 194 g/mol. The van der Waals surface area contributed by atoms with Gasteiger partial charge < -0.3 is 0 Å². The molecule has 0 heterocycles. The van der Waals surface area contributed by atoms with Gasteiger partial charge in [0.05, 0.1) is 0 Å². The van der Waals surface area contributed by atoms with Gasteiger partial charge in [0.15, 0.2) is 0 Å². The van der Waals surface area contributed by atoms with E-state index >= 15 is 0 Å². The molecule has 0 saturated heterocycles. The molecule has 0 N–H and O–H groups in total. The molecule has 0 bridgehead atoms. The van der Waals surface area contributed by atoms with E-state index in [4.69, 9.17) is 0 Å². The van der Waals surface area contributed by atoms with Crippen LogP contribution in [-0.2, 0) is 0 Å². The number of rotatable bonds is 4. The van der Waals surface area contributed by atoms with E-state index in [2.05, 4.69) is 44.4 Å². The van der Waals surface area contributed by atoms with Crippen LogP contribution in [0, 0.1) is 11.8 Å². The third-order valence-corrected chi connectivity index (χ3v) is 2.35. The first-order valence-electron chi connectivity index (χ1n) is 5.28. The topological polar surface area (TPSA) is 24.7 Å². The van der Waals surface area contributed by atoms with Crippen LogP contribution in [0.25, 0.3) is 0 Å². The van der Waals surface area contributed by atoms with Gasteiger partial charge in [-0.3, -0.25) is 0 Å². The van der Waals surface area contributed by atoms with Gasteiger partial charge in [-0.25, -0.2) is 9.98 Å². The van der Waals surface area contributed by atoms with Crippen LogP contribution in [0.5, 0.6) is 0 Å². The van der Waals surface area contributed by atoms with E-state index in [1.165, 1.54) is 0 Å². The molecule has 0 fully saturated rings. The Labute approximate surface area is 87.9 Å². The summed E-state index contributed by atoms with van der Waals surface area (Å²) in [6.45, 7) is 14.1. The summed E-state index contributed by atoms with van der Waals surface area (Å²) < 4.78 is 0. The molecule has 1 unspecified atom stereocenters. The number of allylic oxidation sites excluding steroid dienone is 2. The van der Waals surface area contributed by atoms with Crippen LogP contribution in [0.2, 0.25) is 0 Å². The lowest BCUT2D eigenvalue weighted by Gasteiger charge is -2.11. The number of amidine groups is 1. The molecule has 1 atom stereocenters. The summed E-state index contributed by atoms with van der Waals surface area (Å²) in [5.41, 5.74) is 1.09. The SMILES string of the molecule is C=NC(=N/C(=C\C)C(C)C)C(C)CC. The molecule has 0 aromatic rings. The van der Waals surface area contributed by atoms with Crippen molar-refractivity contribution in [1.82, 2.24) is 0 Å². The summed E-state index contributed by atoms with van der Waals surface area (Å²) in [6.07, 6.45) is 3.09. The zero-order valence-corrected chi connectivity index (χ0v) is 10.0. The van der Waals surface area contributed by atoms with Crippen molar-refractivity contribution in [3.8, 4) is 0 Å². The van der Waals surface area contributed by atoms with Crippen LogP contribution in [0.15, 0.2) is 21.8 Å². The Kier molecular flexibility index (Phi) is 6.09. The highest BCUT2D eigenvalue weighted by atomic mass is 14.9. The molecule has 0 radical (unpaired) electrons. The van der Waals surface area contributed by atoms with Crippen LogP contribution >= 0.6 is 0 Å². The first-order valence-corrected chi connectivity index (χ1v) is 5.28. The largest absolute Gasteiger partial charge is 0.249 e. The van der Waals surface area contributed by atoms with Gasteiger partial charge >= 0.3 is 0 Å². The molecule has 0 amide bonds. The summed E-state index contributed by atoms with van der Waals surface area (Å²) in [4.78, 5) is 8.52. The van der Waals surface area contributed by atoms with Crippen molar-refractivity contribution in [1.29, 1.82) is 0 Å². The summed E-state index contributed by atoms with van der Waals surface area (Å²) in [7, 11) is 0. The molecular formula is C12H22N2. The lowest BCUT2D eigenvalue weighted by molar-refractivity contribution is 0.714. The number of hydrogen-bond acceptors (Lipinski definition) is 1. The molecule has 80 valence electrons. The zero-order valence-electron chi connectivity index (χ0n) is 10.0. The molecule has 0 aliphatic carbocycles. The summed E-state index contributed by atoms with van der Waals surface area (Å²) in [5, 5.41) is 0. The van der Waals surface area contributed by atoms with Crippen molar-refractivity contribution in [2.75, 3.05) is 0 Å². The van der Waals surface area contributed by atoms with Crippen LogP contribution < -0.4 is 0 Å². The molecule has 0 aromatic carbocycles. The second kappa shape index (κ2) is 6.52. The van der Waals surface area contributed by atoms with Gasteiger partial charge in [0.1, 0.15) is 5.84 Å². The molecule has 2 nitrogen and oxygen atoms in total. The van der Waals surface area contributed by atoms with E-state index in [1.807, 2.05) is 13.0 Å². The van der Waals surface area contributed by atoms with Crippen molar-refractivity contribution in [2.24, 2.45) is 21.8 Å². The number of hydrogen-bond donors (Lipinski definition) is 0. The van der Waals surface area contributed by atoms with E-state index in [0.717, 1.165) is 18.0 Å². The Morgan fingerprint density at radius 1 is 1.36 bits per heavy atom. The van der Waals surface area contributed by atoms with Gasteiger partial charge in [0, 0.05) is 11.6 Å². The molecule has 0 saturated carbocycles. The van der Waals surface area contributed by atoms with Crippen molar-refractivity contribution < 1.29 is 0 Å². The van der Waals surface area contributed by atoms with Crippen LogP contribution in [0.4, 0.5) is 0 Å². The molecular weight excluding hydrogens is 172 g/mol. The van der Waals surface area contributed by atoms with Crippen molar-refractivity contribution in [3.63, 3.8) is 0 Å². The second-order valence-corrected chi connectivity index (χ2v) is 3.81. The van der Waals surface area contributed by atoms with Crippen molar-refractivity contribution in [3.05, 3.63) is 11.8 Å². The maximum absolute atomic E-state index is 4.53. The minimum atomic E-state index is 0.390. The average Bonchev–Trinajstić information content (AvgIpc) is 2.18. The van der Waals surface area contributed by atoms with Crippen LogP contribution in [0.3, 0.4) is 0 Å². The van der Waals surface area contributed by atoms with E-state index < -0.39 is 0 Å². The third kappa shape index (κ3) is 3.86. The van der Waals surface area contributed by atoms with Crippen molar-refractivity contribution >= 4 is 12.6 Å². The number of aliphatic imine (C=N–C) groups is 2. The lowest BCUT2D eigenvalue weighted by Crippen LogP contribution is -2.08. The highest BCUT2D eigenvalue weighted by molar-refractivity contribution is 5.88. The maximum atomic E-state index is 4.53. The minimum absolute atomic E-state index is 0.390. The van der Waals surface area contributed by atoms with Crippen LogP contribution in [-0.4, -0.2) is 12.6 Å². The smallest absolute Gasteiger partial charge is 0.130 e. The lowest BCUT2D eigenvalue weighted by atomic mass is 10.1. The highest BCUT2D eigenvalue weighted by Gasteiger charge is 2.08. The molecule has 0 aliphatic rings. The molecule has 0 rings (SSSR count). The van der Waals surface area contributed by atoms with Gasteiger partial charge in [0.2, 0.25) is 0 Å². The van der Waals surface area contributed by atoms with E-state index in [1.54, 1.807) is 0 Å². The normalized spacial score (nSPS) is 15.9. The Morgan fingerprint density at radius 3 is 2.21 bits per heavy atom. The summed E-state index contributed by atoms with van der Waals surface area (Å²) in [5.74, 6) is 1.69. The maximum Gasteiger partial charge on any atom is 0.130 e. The Bertz CT molecular complexity index is 237. The van der Waals surface area contributed by atoms with Gasteiger partial charge in [-0.15, -0.1) is 0 Å². The zero-order chi connectivity index (χ0) is 11.1. The van der Waals surface area contributed by atoms with Crippen molar-refractivity contribution in [2.45, 2.75) is 41.0 Å². The predicted molar refractivity (Wildman–Crippen MR) is 65.0 cm³/mol. The summed E-state index contributed by atoms with van der Waals surface area (Å²) in [6, 6.07) is 0. The molecule has 14 heavy (non-hydrogen) atoms. The van der Waals surface area contributed by atoms with E-state index in [9.17, 15) is 0 Å². The first kappa shape index (κ1) is 13.1. The Morgan fingerprint density at radius 2 is 1.93 bits per heavy atom. The van der Waals surface area contributed by atoms with Gasteiger partial charge in [-0.1, -0.05) is 33.8 Å². The molecule has 0 aliphatic heterocycles. The Hall–Kier alpha value is -0.920. The van der Waals surface area contributed by atoms with E-state index in [-0.39, 0.29) is 0 Å². The second-order valence-electron chi connectivity index (χ2n) is 3.81. The fourth-order valence-electron chi connectivity index (χ4n) is 1.14. The standard InChI is InChI=1S/C12H22N2/c1-7-10(5)12(13-6)14-11(8-2)9(3)4/h8-10H,6-7H2,1-5H3/b11-8-,14-12?. The van der Waals surface area contributed by atoms with Gasteiger partial charge in [0.25, 0.3) is 0 Å². The van der Waals surface area contributed by atoms with Gasteiger partial charge in [-0.05, 0) is 26.0 Å². The third-order valence-electron chi connectivity index (χ3n) is 2.35. The number of nitrogens with zero attached hydrogens (tertiary/aromatic N) is 2. The monoisotopic (exact) mass is 194 g/mol. The van der Waals surface area contributed by atoms with Crippen LogP contribution in [0.1, 0.15) is 41.0 Å². The highest BCUT2D eigenvalue weighted by Crippen LogP contribution is 2.14. The molecule has 0 aromatic heterocycles. The predicted octanol–water partition coefficient (Wildman–Crippen LogP) is 3.69. The fourth-order valence-corrected chi connectivity index (χ4v) is 1.14. The first-order chi connectivity index (χ1) is 6.56. The Balaban J connectivity index is 4.82.